The SMILES string of the molecule is CC1(C)NC(=O)N(CC(COc2ccc(Sc3ccncc3)cc2)N(O)C=O)C1=O. The molecule has 1 fully saturated rings. The number of carbonyl (C=O) groups is 3. The van der Waals surface area contributed by atoms with E-state index >= 15 is 0 Å². The summed E-state index contributed by atoms with van der Waals surface area (Å²) in [6.07, 6.45) is 3.66. The molecule has 1 unspecified atom stereocenters. The predicted octanol–water partition coefficient (Wildman–Crippen LogP) is 2.16. The summed E-state index contributed by atoms with van der Waals surface area (Å²) in [6.45, 7) is 2.87. The van der Waals surface area contributed by atoms with E-state index < -0.39 is 23.5 Å². The molecule has 1 aliphatic rings. The molecule has 1 aliphatic heterocycles. The largest absolute Gasteiger partial charge is 0.491 e. The molecular weight excluding hydrogens is 408 g/mol. The quantitative estimate of drug-likeness (QED) is 0.271. The normalized spacial score (nSPS) is 16.2. The number of benzene rings is 1. The van der Waals surface area contributed by atoms with Gasteiger partial charge in [0.25, 0.3) is 5.91 Å². The molecule has 0 radical (unpaired) electrons. The van der Waals surface area contributed by atoms with E-state index in [1.807, 2.05) is 24.3 Å². The van der Waals surface area contributed by atoms with Crippen molar-refractivity contribution < 1.29 is 24.3 Å². The number of aromatic nitrogens is 1. The van der Waals surface area contributed by atoms with Crippen molar-refractivity contribution in [2.75, 3.05) is 13.2 Å². The Morgan fingerprint density at radius 1 is 1.20 bits per heavy atom. The van der Waals surface area contributed by atoms with Crippen LogP contribution in [0.15, 0.2) is 58.6 Å². The van der Waals surface area contributed by atoms with Crippen molar-refractivity contribution in [2.45, 2.75) is 35.2 Å². The summed E-state index contributed by atoms with van der Waals surface area (Å²) < 4.78 is 5.68. The van der Waals surface area contributed by atoms with Crippen LogP contribution in [0, 0.1) is 0 Å². The average molecular weight is 430 g/mol. The van der Waals surface area contributed by atoms with Crippen molar-refractivity contribution in [1.29, 1.82) is 0 Å². The van der Waals surface area contributed by atoms with Gasteiger partial charge in [-0.2, -0.15) is 0 Å². The van der Waals surface area contributed by atoms with Crippen LogP contribution in [0.2, 0.25) is 0 Å². The number of amides is 4. The lowest BCUT2D eigenvalue weighted by atomic mass is 10.1. The van der Waals surface area contributed by atoms with E-state index in [1.165, 1.54) is 0 Å². The lowest BCUT2D eigenvalue weighted by Crippen LogP contribution is -2.48. The van der Waals surface area contributed by atoms with Crippen LogP contribution in [0.4, 0.5) is 4.79 Å². The number of pyridine rings is 1. The molecule has 2 heterocycles. The highest BCUT2D eigenvalue weighted by Crippen LogP contribution is 2.28. The zero-order chi connectivity index (χ0) is 21.7. The first-order chi connectivity index (χ1) is 14.3. The fraction of sp³-hybridized carbons (Fsp3) is 0.300. The Kier molecular flexibility index (Phi) is 6.58. The summed E-state index contributed by atoms with van der Waals surface area (Å²) in [5.74, 6) is 0.0881. The van der Waals surface area contributed by atoms with Crippen molar-refractivity contribution in [3.05, 3.63) is 48.8 Å². The Hall–Kier alpha value is -3.11. The van der Waals surface area contributed by atoms with E-state index in [0.717, 1.165) is 14.7 Å². The third kappa shape index (κ3) is 5.08. The molecular formula is C20H22N4O5S. The van der Waals surface area contributed by atoms with E-state index in [-0.39, 0.29) is 19.6 Å². The molecule has 1 saturated heterocycles. The minimum absolute atomic E-state index is 0.108. The van der Waals surface area contributed by atoms with E-state index in [4.69, 9.17) is 4.74 Å². The maximum atomic E-state index is 12.4. The maximum absolute atomic E-state index is 12.4. The summed E-state index contributed by atoms with van der Waals surface area (Å²) in [5, 5.41) is 12.8. The summed E-state index contributed by atoms with van der Waals surface area (Å²) in [4.78, 5) is 42.5. The molecule has 2 N–H and O–H groups in total. The van der Waals surface area contributed by atoms with Crippen LogP contribution >= 0.6 is 11.8 Å². The fourth-order valence-electron chi connectivity index (χ4n) is 2.83. The number of rotatable bonds is 9. The highest BCUT2D eigenvalue weighted by Gasteiger charge is 2.45. The number of nitrogens with one attached hydrogen (secondary N) is 1. The van der Waals surface area contributed by atoms with Gasteiger partial charge in [-0.3, -0.25) is 24.7 Å². The number of hydroxylamine groups is 2. The number of hydrogen-bond acceptors (Lipinski definition) is 7. The Balaban J connectivity index is 1.61. The Labute approximate surface area is 178 Å². The molecule has 0 spiro atoms. The molecule has 30 heavy (non-hydrogen) atoms. The zero-order valence-electron chi connectivity index (χ0n) is 16.5. The predicted molar refractivity (Wildman–Crippen MR) is 108 cm³/mol. The molecule has 0 aliphatic carbocycles. The van der Waals surface area contributed by atoms with Crippen LogP contribution in [0.5, 0.6) is 5.75 Å². The second-order valence-corrected chi connectivity index (χ2v) is 8.32. The summed E-state index contributed by atoms with van der Waals surface area (Å²) in [6, 6.07) is 9.61. The molecule has 0 saturated carbocycles. The van der Waals surface area contributed by atoms with Crippen LogP contribution in [0.3, 0.4) is 0 Å². The third-order valence-corrected chi connectivity index (χ3v) is 5.49. The summed E-state index contributed by atoms with van der Waals surface area (Å²) >= 11 is 1.57. The molecule has 1 aromatic carbocycles. The monoisotopic (exact) mass is 430 g/mol. The van der Waals surface area contributed by atoms with Gasteiger partial charge in [0, 0.05) is 22.2 Å². The first kappa shape index (κ1) is 21.6. The second kappa shape index (κ2) is 9.14. The topological polar surface area (TPSA) is 112 Å². The molecule has 0 bridgehead atoms. The lowest BCUT2D eigenvalue weighted by molar-refractivity contribution is -0.165. The van der Waals surface area contributed by atoms with Gasteiger partial charge in [-0.15, -0.1) is 0 Å². The van der Waals surface area contributed by atoms with Gasteiger partial charge in [-0.05, 0) is 50.2 Å². The molecule has 2 aromatic rings. The van der Waals surface area contributed by atoms with Gasteiger partial charge in [0.15, 0.2) is 0 Å². The summed E-state index contributed by atoms with van der Waals surface area (Å²) in [7, 11) is 0. The molecule has 3 rings (SSSR count). The number of imide groups is 1. The van der Waals surface area contributed by atoms with E-state index in [1.54, 1.807) is 50.1 Å². The van der Waals surface area contributed by atoms with Gasteiger partial charge < -0.3 is 10.1 Å². The maximum Gasteiger partial charge on any atom is 0.325 e. The number of urea groups is 1. The van der Waals surface area contributed by atoms with Gasteiger partial charge >= 0.3 is 6.03 Å². The molecule has 4 amide bonds. The molecule has 158 valence electrons. The highest BCUT2D eigenvalue weighted by atomic mass is 32.2. The van der Waals surface area contributed by atoms with E-state index in [9.17, 15) is 19.6 Å². The van der Waals surface area contributed by atoms with Gasteiger partial charge in [-0.1, -0.05) is 11.8 Å². The van der Waals surface area contributed by atoms with Gasteiger partial charge in [0.05, 0.1) is 6.54 Å². The summed E-state index contributed by atoms with van der Waals surface area (Å²) in [5.41, 5.74) is -1.04. The first-order valence-corrected chi connectivity index (χ1v) is 9.99. The molecule has 9 nitrogen and oxygen atoms in total. The number of nitrogens with zero attached hydrogens (tertiary/aromatic N) is 3. The van der Waals surface area contributed by atoms with Gasteiger partial charge in [-0.25, -0.2) is 9.86 Å². The van der Waals surface area contributed by atoms with E-state index in [2.05, 4.69) is 10.3 Å². The van der Waals surface area contributed by atoms with Crippen molar-refractivity contribution in [3.8, 4) is 5.75 Å². The molecule has 10 heteroatoms. The number of carbonyl (C=O) groups excluding carboxylic acids is 3. The highest BCUT2D eigenvalue weighted by molar-refractivity contribution is 7.99. The van der Waals surface area contributed by atoms with Gasteiger partial charge in [0.1, 0.15) is 23.9 Å². The van der Waals surface area contributed by atoms with Crippen LogP contribution in [0.25, 0.3) is 0 Å². The van der Waals surface area contributed by atoms with Crippen molar-refractivity contribution >= 4 is 30.1 Å². The minimum Gasteiger partial charge on any atom is -0.491 e. The Morgan fingerprint density at radius 3 is 2.40 bits per heavy atom. The Bertz CT molecular complexity index is 907. The molecule has 1 aromatic heterocycles. The smallest absolute Gasteiger partial charge is 0.325 e. The van der Waals surface area contributed by atoms with Crippen LogP contribution in [-0.4, -0.2) is 63.2 Å². The van der Waals surface area contributed by atoms with Gasteiger partial charge in [0.2, 0.25) is 6.41 Å². The molecule has 1 atom stereocenters. The Morgan fingerprint density at radius 2 is 1.83 bits per heavy atom. The average Bonchev–Trinajstić information content (AvgIpc) is 2.93. The number of ether oxygens (including phenoxy) is 1. The van der Waals surface area contributed by atoms with Crippen LogP contribution in [-0.2, 0) is 9.59 Å². The van der Waals surface area contributed by atoms with E-state index in [0.29, 0.717) is 10.8 Å². The van der Waals surface area contributed by atoms with Crippen LogP contribution < -0.4 is 10.1 Å². The van der Waals surface area contributed by atoms with Crippen molar-refractivity contribution in [3.63, 3.8) is 0 Å². The van der Waals surface area contributed by atoms with Crippen LogP contribution in [0.1, 0.15) is 13.8 Å². The van der Waals surface area contributed by atoms with Crippen molar-refractivity contribution in [2.24, 2.45) is 0 Å². The number of hydrogen-bond donors (Lipinski definition) is 2. The zero-order valence-corrected chi connectivity index (χ0v) is 17.3. The fourth-order valence-corrected chi connectivity index (χ4v) is 3.63. The third-order valence-electron chi connectivity index (χ3n) is 4.47. The second-order valence-electron chi connectivity index (χ2n) is 7.18. The minimum atomic E-state index is -1.04. The van der Waals surface area contributed by atoms with Crippen molar-refractivity contribution in [1.82, 2.24) is 20.3 Å². The lowest BCUT2D eigenvalue weighted by Gasteiger charge is -2.26. The standard InChI is InChI=1S/C20H22N4O5S/c1-20(2)18(26)23(19(27)22-20)11-14(24(28)13-25)12-29-15-3-5-16(6-4-15)30-17-7-9-21-10-8-17/h3-10,13-14,28H,11-12H2,1-2H3,(H,22,27). The first-order valence-electron chi connectivity index (χ1n) is 9.17.